The Bertz CT molecular complexity index is 1040. The van der Waals surface area contributed by atoms with E-state index < -0.39 is 0 Å². The zero-order chi connectivity index (χ0) is 20.3. The Morgan fingerprint density at radius 1 is 1.32 bits per heavy atom. The molecule has 1 aromatic carbocycles. The minimum Gasteiger partial charge on any atom is -0.497 e. The number of nitrogens with zero attached hydrogens (tertiary/aromatic N) is 4. The van der Waals surface area contributed by atoms with Crippen molar-refractivity contribution in [2.75, 3.05) is 18.2 Å². The number of carbonyl (C=O) groups excluding carboxylic acids is 1. The molecule has 1 amide bonds. The van der Waals surface area contributed by atoms with Crippen LogP contribution in [0.2, 0.25) is 0 Å². The van der Waals surface area contributed by atoms with Crippen LogP contribution in [-0.4, -0.2) is 32.9 Å². The Balaban J connectivity index is 1.90. The fourth-order valence-corrected chi connectivity index (χ4v) is 3.64. The van der Waals surface area contributed by atoms with Crippen LogP contribution in [0.3, 0.4) is 0 Å². The molecule has 0 saturated carbocycles. The van der Waals surface area contributed by atoms with E-state index >= 15 is 0 Å². The summed E-state index contributed by atoms with van der Waals surface area (Å²) < 4.78 is 8.95. The number of nitrogens with one attached hydrogen (secondary N) is 1. The highest BCUT2D eigenvalue weighted by Crippen LogP contribution is 2.31. The Hall–Kier alpha value is -3.18. The zero-order valence-corrected chi connectivity index (χ0v) is 17.0. The van der Waals surface area contributed by atoms with Crippen molar-refractivity contribution in [3.63, 3.8) is 0 Å². The number of hydrogen-bond acceptors (Lipinski definition) is 5. The largest absolute Gasteiger partial charge is 0.497 e. The number of ether oxygens (including phenoxy) is 1. The van der Waals surface area contributed by atoms with Crippen molar-refractivity contribution in [1.82, 2.24) is 14.1 Å². The van der Waals surface area contributed by atoms with Crippen molar-refractivity contribution in [3.8, 4) is 17.5 Å². The first-order valence-electron chi connectivity index (χ1n) is 8.62. The molecule has 0 spiro atoms. The van der Waals surface area contributed by atoms with Crippen molar-refractivity contribution in [2.24, 2.45) is 7.05 Å². The number of nitriles is 1. The van der Waals surface area contributed by atoms with E-state index in [1.807, 2.05) is 60.5 Å². The molecule has 0 fully saturated rings. The maximum Gasteiger partial charge on any atom is 0.236 e. The molecule has 1 N–H and O–H groups in total. The molecule has 0 saturated heterocycles. The maximum atomic E-state index is 12.6. The van der Waals surface area contributed by atoms with E-state index in [9.17, 15) is 10.1 Å². The lowest BCUT2D eigenvalue weighted by Crippen LogP contribution is -2.18. The van der Waals surface area contributed by atoms with E-state index in [-0.39, 0.29) is 11.7 Å². The van der Waals surface area contributed by atoms with Crippen LogP contribution >= 0.6 is 11.8 Å². The first-order valence-corrected chi connectivity index (χ1v) is 9.61. The molecule has 0 unspecified atom stereocenters. The summed E-state index contributed by atoms with van der Waals surface area (Å²) in [6, 6.07) is 9.70. The van der Waals surface area contributed by atoms with Gasteiger partial charge >= 0.3 is 0 Å². The molecule has 8 heteroatoms. The maximum absolute atomic E-state index is 12.6. The molecule has 28 heavy (non-hydrogen) atoms. The average molecular weight is 395 g/mol. The van der Waals surface area contributed by atoms with E-state index in [0.29, 0.717) is 11.4 Å². The van der Waals surface area contributed by atoms with Crippen molar-refractivity contribution in [3.05, 3.63) is 53.5 Å². The van der Waals surface area contributed by atoms with Gasteiger partial charge in [-0.2, -0.15) is 5.26 Å². The fraction of sp³-hybridized carbons (Fsp3) is 0.250. The fourth-order valence-electron chi connectivity index (χ4n) is 2.90. The summed E-state index contributed by atoms with van der Waals surface area (Å²) in [4.78, 5) is 16.8. The molecule has 0 aliphatic carbocycles. The third-order valence-corrected chi connectivity index (χ3v) is 5.58. The van der Waals surface area contributed by atoms with Gasteiger partial charge in [0.2, 0.25) is 5.91 Å². The number of anilines is 1. The molecule has 2 heterocycles. The third kappa shape index (κ3) is 3.75. The van der Waals surface area contributed by atoms with Crippen LogP contribution in [-0.2, 0) is 11.8 Å². The number of carbonyl (C=O) groups is 1. The molecular weight excluding hydrogens is 374 g/mol. The van der Waals surface area contributed by atoms with E-state index in [4.69, 9.17) is 4.74 Å². The lowest BCUT2D eigenvalue weighted by molar-refractivity contribution is -0.113. The Morgan fingerprint density at radius 3 is 2.61 bits per heavy atom. The molecule has 2 aromatic heterocycles. The van der Waals surface area contributed by atoms with Gasteiger partial charge in [0.1, 0.15) is 17.6 Å². The lowest BCUT2D eigenvalue weighted by Gasteiger charge is -2.13. The minimum atomic E-state index is -0.197. The van der Waals surface area contributed by atoms with Crippen LogP contribution in [0, 0.1) is 25.2 Å². The van der Waals surface area contributed by atoms with Crippen molar-refractivity contribution < 1.29 is 9.53 Å². The second-order valence-corrected chi connectivity index (χ2v) is 7.18. The van der Waals surface area contributed by atoms with E-state index in [1.54, 1.807) is 13.3 Å². The van der Waals surface area contributed by atoms with Crippen LogP contribution in [0.25, 0.3) is 5.69 Å². The highest BCUT2D eigenvalue weighted by atomic mass is 32.2. The van der Waals surface area contributed by atoms with Crippen LogP contribution in [0.4, 0.5) is 5.82 Å². The number of methoxy groups -OCH3 is 1. The normalized spacial score (nSPS) is 10.5. The van der Waals surface area contributed by atoms with Gasteiger partial charge < -0.3 is 14.6 Å². The van der Waals surface area contributed by atoms with Gasteiger partial charge in [-0.15, -0.1) is 0 Å². The SMILES string of the molecule is COc1ccc(-n2c(C)c(C)c(C#N)c2NC(=O)CSc2nccn2C)cc1. The molecule has 0 bridgehead atoms. The monoisotopic (exact) mass is 395 g/mol. The van der Waals surface area contributed by atoms with Crippen molar-refractivity contribution in [2.45, 2.75) is 19.0 Å². The highest BCUT2D eigenvalue weighted by Gasteiger charge is 2.21. The van der Waals surface area contributed by atoms with Crippen molar-refractivity contribution in [1.29, 1.82) is 5.26 Å². The predicted octanol–water partition coefficient (Wildman–Crippen LogP) is 3.44. The summed E-state index contributed by atoms with van der Waals surface area (Å²) in [6.07, 6.45) is 3.52. The number of aromatic nitrogens is 3. The number of benzene rings is 1. The number of aryl methyl sites for hydroxylation is 1. The summed E-state index contributed by atoms with van der Waals surface area (Å²) in [6.45, 7) is 3.81. The molecular formula is C20H21N5O2S. The Morgan fingerprint density at radius 2 is 2.04 bits per heavy atom. The van der Waals surface area contributed by atoms with E-state index in [2.05, 4.69) is 16.4 Å². The van der Waals surface area contributed by atoms with Gasteiger partial charge in [-0.3, -0.25) is 9.36 Å². The summed E-state index contributed by atoms with van der Waals surface area (Å²) >= 11 is 1.34. The summed E-state index contributed by atoms with van der Waals surface area (Å²) in [5, 5.41) is 13.3. The predicted molar refractivity (Wildman–Crippen MR) is 109 cm³/mol. The number of thioether (sulfide) groups is 1. The topological polar surface area (TPSA) is 84.9 Å². The molecule has 144 valence electrons. The second-order valence-electron chi connectivity index (χ2n) is 6.24. The molecule has 3 rings (SSSR count). The highest BCUT2D eigenvalue weighted by molar-refractivity contribution is 7.99. The van der Waals surface area contributed by atoms with Crippen molar-refractivity contribution >= 4 is 23.5 Å². The summed E-state index contributed by atoms with van der Waals surface area (Å²) in [7, 11) is 3.49. The summed E-state index contributed by atoms with van der Waals surface area (Å²) in [5.41, 5.74) is 3.04. The smallest absolute Gasteiger partial charge is 0.236 e. The molecule has 0 radical (unpaired) electrons. The third-order valence-electron chi connectivity index (χ3n) is 4.52. The van der Waals surface area contributed by atoms with Gasteiger partial charge in [0.25, 0.3) is 0 Å². The van der Waals surface area contributed by atoms with E-state index in [0.717, 1.165) is 27.9 Å². The van der Waals surface area contributed by atoms with Crippen LogP contribution in [0.1, 0.15) is 16.8 Å². The molecule has 0 aliphatic rings. The Labute approximate surface area is 167 Å². The first-order chi connectivity index (χ1) is 13.5. The van der Waals surface area contributed by atoms with Crippen LogP contribution in [0.5, 0.6) is 5.75 Å². The molecule has 0 atom stereocenters. The van der Waals surface area contributed by atoms with Gasteiger partial charge in [0.15, 0.2) is 5.16 Å². The first kappa shape index (κ1) is 19.6. The van der Waals surface area contributed by atoms with Crippen LogP contribution < -0.4 is 10.1 Å². The number of rotatable bonds is 6. The molecule has 7 nitrogen and oxygen atoms in total. The van der Waals surface area contributed by atoms with Gasteiger partial charge in [0.05, 0.1) is 18.4 Å². The average Bonchev–Trinajstić information content (AvgIpc) is 3.21. The number of imidazole rings is 1. The van der Waals surface area contributed by atoms with Gasteiger partial charge in [0, 0.05) is 30.8 Å². The number of hydrogen-bond donors (Lipinski definition) is 1. The molecule has 0 aliphatic heterocycles. The second kappa shape index (κ2) is 8.23. The quantitative estimate of drug-likeness (QED) is 0.646. The van der Waals surface area contributed by atoms with Gasteiger partial charge in [-0.1, -0.05) is 11.8 Å². The van der Waals surface area contributed by atoms with Gasteiger partial charge in [-0.05, 0) is 43.7 Å². The van der Waals surface area contributed by atoms with Gasteiger partial charge in [-0.25, -0.2) is 4.98 Å². The minimum absolute atomic E-state index is 0.196. The zero-order valence-electron chi connectivity index (χ0n) is 16.2. The number of amides is 1. The van der Waals surface area contributed by atoms with E-state index in [1.165, 1.54) is 11.8 Å². The standard InChI is InChI=1S/C20H21N5O2S/c1-13-14(2)25(15-5-7-16(27-4)8-6-15)19(17(13)11-21)23-18(26)12-28-20-22-9-10-24(20)3/h5-10H,12H2,1-4H3,(H,23,26). The van der Waals surface area contributed by atoms with Crippen LogP contribution in [0.15, 0.2) is 41.8 Å². The summed E-state index contributed by atoms with van der Waals surface area (Å²) in [5.74, 6) is 1.22. The Kier molecular flexibility index (Phi) is 5.76. The molecule has 3 aromatic rings. The lowest BCUT2D eigenvalue weighted by atomic mass is 10.2.